The van der Waals surface area contributed by atoms with E-state index in [0.29, 0.717) is 0 Å². The lowest BCUT2D eigenvalue weighted by atomic mass is 9.95. The van der Waals surface area contributed by atoms with Crippen molar-refractivity contribution in [3.63, 3.8) is 0 Å². The Balaban J connectivity index is 0.000000251. The molecule has 0 radical (unpaired) electrons. The highest BCUT2D eigenvalue weighted by Gasteiger charge is 2.30. The monoisotopic (exact) mass is 1200 g/mol. The summed E-state index contributed by atoms with van der Waals surface area (Å²) in [6.45, 7) is 24.0. The van der Waals surface area contributed by atoms with Gasteiger partial charge in [-0.1, -0.05) is 165 Å². The predicted octanol–water partition coefficient (Wildman–Crippen LogP) is 16.6. The molecule has 85 heavy (non-hydrogen) atoms. The molecule has 3 amide bonds. The number of pyridine rings is 3. The summed E-state index contributed by atoms with van der Waals surface area (Å²) in [4.78, 5) is 79.1. The number of amides is 3. The number of nitrogens with zero attached hydrogens (tertiary/aromatic N) is 3. The molecule has 3 N–H and O–H groups in total. The second-order valence-corrected chi connectivity index (χ2v) is 22.7. The molecular weight excluding hydrogens is 1100 g/mol. The molecule has 0 saturated heterocycles. The Labute approximate surface area is 517 Å². The fourth-order valence-electron chi connectivity index (χ4n) is 12.2. The van der Waals surface area contributed by atoms with E-state index in [0.717, 1.165) is 116 Å². The lowest BCUT2D eigenvalue weighted by molar-refractivity contribution is 0.0917. The molecule has 14 heteroatoms. The van der Waals surface area contributed by atoms with Gasteiger partial charge in [-0.3, -0.25) is 28.8 Å². The summed E-state index contributed by atoms with van der Waals surface area (Å²) < 4.78 is 5.23. The number of fused-ring (bicyclic) bond motifs is 3. The first-order valence-corrected chi connectivity index (χ1v) is 34.7. The number of hydrogen-bond acceptors (Lipinski definition) is 8. The van der Waals surface area contributed by atoms with Crippen molar-refractivity contribution < 1.29 is 14.4 Å². The van der Waals surface area contributed by atoms with Gasteiger partial charge >= 0.3 is 0 Å². The Bertz CT molecular complexity index is 2960. The van der Waals surface area contributed by atoms with Gasteiger partial charge in [-0.15, -0.1) is 22.7 Å². The summed E-state index contributed by atoms with van der Waals surface area (Å²) in [6.07, 6.45) is 28.0. The summed E-state index contributed by atoms with van der Waals surface area (Å²) in [5.41, 5.74) is 5.37. The van der Waals surface area contributed by atoms with Crippen LogP contribution in [0.1, 0.15) is 280 Å². The largest absolute Gasteiger partial charge is 0.349 e. The van der Waals surface area contributed by atoms with Gasteiger partial charge in [0.05, 0.1) is 18.1 Å². The van der Waals surface area contributed by atoms with E-state index in [1.807, 2.05) is 132 Å². The maximum atomic E-state index is 13.0. The SMILES string of the molecule is CC.CC.CC.CC.CC.CC.O=C(NC1CCCCC1)c1cccn(C2CCc3ccccc32)c1=O.O=C(NC1CCCCC1)c1cccn(C2CCc3ccsc32)c1=O.O=C(NC1CCCCC1)c1cccn(C2CCc3sccc32)c1=O. The Morgan fingerprint density at radius 3 is 1.19 bits per heavy atom. The number of rotatable bonds is 9. The third-order valence-electron chi connectivity index (χ3n) is 16.1. The van der Waals surface area contributed by atoms with E-state index in [4.69, 9.17) is 0 Å². The Morgan fingerprint density at radius 2 is 0.741 bits per heavy atom. The van der Waals surface area contributed by atoms with Crippen molar-refractivity contribution in [2.24, 2.45) is 0 Å². The predicted molar refractivity (Wildman–Crippen MR) is 358 cm³/mol. The second kappa shape index (κ2) is 38.8. The summed E-state index contributed by atoms with van der Waals surface area (Å²) in [5, 5.41) is 13.3. The smallest absolute Gasteiger partial charge is 0.263 e. The van der Waals surface area contributed by atoms with Crippen molar-refractivity contribution in [3.05, 3.63) is 182 Å². The highest BCUT2D eigenvalue weighted by Crippen LogP contribution is 2.38. The molecule has 12 rings (SSSR count). The zero-order valence-corrected chi connectivity index (χ0v) is 55.4. The van der Waals surface area contributed by atoms with Crippen LogP contribution in [0, 0.1) is 0 Å². The van der Waals surface area contributed by atoms with Gasteiger partial charge in [0.1, 0.15) is 16.7 Å². The third-order valence-corrected chi connectivity index (χ3v) is 18.2. The highest BCUT2D eigenvalue weighted by molar-refractivity contribution is 7.10. The van der Waals surface area contributed by atoms with Crippen LogP contribution in [0.3, 0.4) is 0 Å². The van der Waals surface area contributed by atoms with Gasteiger partial charge < -0.3 is 29.7 Å². The maximum Gasteiger partial charge on any atom is 0.263 e. The molecule has 5 aromatic heterocycles. The molecule has 1 aromatic carbocycles. The van der Waals surface area contributed by atoms with Crippen molar-refractivity contribution in [2.45, 2.75) is 254 Å². The molecule has 0 aliphatic heterocycles. The minimum Gasteiger partial charge on any atom is -0.349 e. The summed E-state index contributed by atoms with van der Waals surface area (Å²) in [5.74, 6) is -0.659. The van der Waals surface area contributed by atoms with Crippen molar-refractivity contribution in [1.29, 1.82) is 0 Å². The molecule has 3 saturated carbocycles. The number of benzene rings is 1. The molecule has 3 atom stereocenters. The van der Waals surface area contributed by atoms with E-state index in [-0.39, 0.29) is 87.3 Å². The van der Waals surface area contributed by atoms with Gasteiger partial charge in [-0.2, -0.15) is 0 Å². The molecular formula is C71H104N6O6S2. The van der Waals surface area contributed by atoms with Gasteiger partial charge in [0.25, 0.3) is 34.4 Å². The van der Waals surface area contributed by atoms with Crippen molar-refractivity contribution in [3.8, 4) is 0 Å². The van der Waals surface area contributed by atoms with Crippen molar-refractivity contribution in [1.82, 2.24) is 29.7 Å². The molecule has 6 aliphatic rings. The summed E-state index contributed by atoms with van der Waals surface area (Å²) >= 11 is 3.46. The van der Waals surface area contributed by atoms with Gasteiger partial charge in [0.2, 0.25) is 0 Å². The van der Waals surface area contributed by atoms with Gasteiger partial charge in [0.15, 0.2) is 0 Å². The van der Waals surface area contributed by atoms with Crippen LogP contribution >= 0.6 is 22.7 Å². The molecule has 0 bridgehead atoms. The lowest BCUT2D eigenvalue weighted by Crippen LogP contribution is -2.40. The molecule has 0 spiro atoms. The molecule has 3 fully saturated rings. The second-order valence-electron chi connectivity index (χ2n) is 20.8. The molecule has 6 aromatic rings. The summed E-state index contributed by atoms with van der Waals surface area (Å²) in [7, 11) is 0. The van der Waals surface area contributed by atoms with Crippen molar-refractivity contribution >= 4 is 40.4 Å². The number of aromatic nitrogens is 3. The summed E-state index contributed by atoms with van der Waals surface area (Å²) in [6, 6.07) is 23.8. The Kier molecular flexibility index (Phi) is 32.6. The fraction of sp³-hybridized carbons (Fsp3) is 0.549. The van der Waals surface area contributed by atoms with Crippen LogP contribution in [-0.4, -0.2) is 49.5 Å². The molecule has 5 heterocycles. The number of hydrogen-bond donors (Lipinski definition) is 3. The number of nitrogens with one attached hydrogen (secondary N) is 3. The van der Waals surface area contributed by atoms with Gasteiger partial charge in [0, 0.05) is 46.5 Å². The normalized spacial score (nSPS) is 18.1. The standard InChI is InChI=1S/C21H24N2O2.2C19H22N2O2S.6C2H6/c24-20(22-16-8-2-1-3-9-16)18-11-6-14-23(21(18)25)19-13-12-15-7-4-5-10-17(15)19;22-18(20-14-5-2-1-3-6-14)15-7-4-11-21(19(15)23)16-9-8-13-10-12-24-17(13)16;22-18(20-13-5-2-1-3-6-13)15-7-4-11-21(19(15)23)16-8-9-17-14(16)10-12-24-17;6*1-2/h4-7,10-11,14,16,19H,1-3,8-9,12-13H2,(H,22,24);4,7,10-12,14,16H,1-3,5-6,8-9H2,(H,20,22);4,7,10-13,16H,1-3,5-6,8-9H2,(H,20,22);6*1-2H3. The topological polar surface area (TPSA) is 153 Å². The average Bonchev–Trinajstić information content (AvgIpc) is 4.27. The molecule has 3 unspecified atom stereocenters. The Morgan fingerprint density at radius 1 is 0.376 bits per heavy atom. The molecule has 6 aliphatic carbocycles. The van der Waals surface area contributed by atoms with Crippen LogP contribution in [-0.2, 0) is 19.3 Å². The Hall–Kier alpha value is -6.12. The molecule has 12 nitrogen and oxygen atoms in total. The van der Waals surface area contributed by atoms with Gasteiger partial charge in [-0.05, 0) is 159 Å². The van der Waals surface area contributed by atoms with E-state index in [1.54, 1.807) is 54.6 Å². The minimum atomic E-state index is -0.225. The highest BCUT2D eigenvalue weighted by atomic mass is 32.1. The minimum absolute atomic E-state index is 0.0335. The number of thiophene rings is 2. The zero-order chi connectivity index (χ0) is 62.3. The maximum absolute atomic E-state index is 13.0. The van der Waals surface area contributed by atoms with Crippen LogP contribution in [0.25, 0.3) is 0 Å². The van der Waals surface area contributed by atoms with Gasteiger partial charge in [-0.25, -0.2) is 0 Å². The van der Waals surface area contributed by atoms with E-state index in [9.17, 15) is 28.8 Å². The lowest BCUT2D eigenvalue weighted by Gasteiger charge is -2.23. The first-order chi connectivity index (χ1) is 41.7. The first-order valence-electron chi connectivity index (χ1n) is 33.0. The van der Waals surface area contributed by atoms with Crippen LogP contribution in [0.4, 0.5) is 0 Å². The van der Waals surface area contributed by atoms with E-state index in [2.05, 4.69) is 51.0 Å². The number of carbonyl (C=O) groups is 3. The third kappa shape index (κ3) is 18.9. The fourth-order valence-corrected chi connectivity index (χ4v) is 14.3. The number of carbonyl (C=O) groups excluding carboxylic acids is 3. The van der Waals surface area contributed by atoms with E-state index < -0.39 is 0 Å². The van der Waals surface area contributed by atoms with E-state index >= 15 is 0 Å². The van der Waals surface area contributed by atoms with Crippen LogP contribution in [0.15, 0.2) is 117 Å². The zero-order valence-electron chi connectivity index (χ0n) is 53.7. The molecule has 466 valence electrons. The van der Waals surface area contributed by atoms with Crippen LogP contribution in [0.2, 0.25) is 0 Å². The van der Waals surface area contributed by atoms with Crippen LogP contribution in [0.5, 0.6) is 0 Å². The van der Waals surface area contributed by atoms with Crippen molar-refractivity contribution in [2.75, 3.05) is 0 Å². The quantitative estimate of drug-likeness (QED) is 0.131. The average molecular weight is 1200 g/mol. The van der Waals surface area contributed by atoms with Crippen LogP contribution < -0.4 is 32.6 Å². The van der Waals surface area contributed by atoms with E-state index in [1.165, 1.54) is 51.3 Å². The number of aryl methyl sites for hydroxylation is 3. The first kappa shape index (κ1) is 71.4.